The molecule has 5 rings (SSSR count). The van der Waals surface area contributed by atoms with Gasteiger partial charge >= 0.3 is 0 Å². The van der Waals surface area contributed by atoms with Gasteiger partial charge in [-0.2, -0.15) is 5.10 Å². The van der Waals surface area contributed by atoms with Crippen molar-refractivity contribution >= 4 is 56.8 Å². The van der Waals surface area contributed by atoms with Crippen LogP contribution < -0.4 is 5.32 Å². The van der Waals surface area contributed by atoms with E-state index in [-0.39, 0.29) is 18.0 Å². The van der Waals surface area contributed by atoms with Gasteiger partial charge in [0, 0.05) is 16.3 Å². The molecule has 0 bridgehead atoms. The molecule has 2 N–H and O–H groups in total. The molecule has 0 aliphatic heterocycles. The number of H-pyrrole nitrogens is 1. The van der Waals surface area contributed by atoms with Crippen molar-refractivity contribution in [2.45, 2.75) is 6.42 Å². The van der Waals surface area contributed by atoms with Gasteiger partial charge in [-0.1, -0.05) is 48.5 Å². The zero-order valence-corrected chi connectivity index (χ0v) is 17.2. The predicted octanol–water partition coefficient (Wildman–Crippen LogP) is 6.27. The van der Waals surface area contributed by atoms with Crippen molar-refractivity contribution in [1.82, 2.24) is 10.2 Å². The highest BCUT2D eigenvalue weighted by Crippen LogP contribution is 2.26. The summed E-state index contributed by atoms with van der Waals surface area (Å²) in [5.74, 6) is -0.752. The van der Waals surface area contributed by atoms with Gasteiger partial charge in [0.05, 0.1) is 23.3 Å². The second-order valence-corrected chi connectivity index (χ2v) is 8.26. The first-order chi connectivity index (χ1) is 15.2. The number of benzene rings is 3. The molecule has 3 aromatic carbocycles. The molecule has 0 aliphatic carbocycles. The molecule has 5 aromatic rings. The van der Waals surface area contributed by atoms with Crippen molar-refractivity contribution in [3.05, 3.63) is 94.1 Å². The van der Waals surface area contributed by atoms with Crippen LogP contribution >= 0.6 is 11.3 Å². The maximum Gasteiger partial charge on any atom is 0.229 e. The maximum absolute atomic E-state index is 14.5. The lowest BCUT2D eigenvalue weighted by molar-refractivity contribution is -0.115. The van der Waals surface area contributed by atoms with Crippen molar-refractivity contribution in [3.63, 3.8) is 0 Å². The largest absolute Gasteiger partial charge is 0.323 e. The van der Waals surface area contributed by atoms with Gasteiger partial charge in [-0.05, 0) is 46.0 Å². The first kappa shape index (κ1) is 19.2. The molecule has 0 atom stereocenters. The molecule has 0 saturated carbocycles. The number of hydrogen-bond acceptors (Lipinski definition) is 3. The van der Waals surface area contributed by atoms with Crippen LogP contribution in [0.15, 0.2) is 72.1 Å². The van der Waals surface area contributed by atoms with Crippen molar-refractivity contribution in [1.29, 1.82) is 0 Å². The molecule has 1 amide bonds. The molecule has 4 nitrogen and oxygen atoms in total. The molecule has 0 aliphatic rings. The predicted molar refractivity (Wildman–Crippen MR) is 126 cm³/mol. The third-order valence-corrected chi connectivity index (χ3v) is 5.95. The number of carbonyl (C=O) groups is 1. The number of carbonyl (C=O) groups excluding carboxylic acids is 1. The first-order valence-electron chi connectivity index (χ1n) is 9.82. The Morgan fingerprint density at radius 1 is 1.03 bits per heavy atom. The van der Waals surface area contributed by atoms with Crippen molar-refractivity contribution in [2.24, 2.45) is 0 Å². The second-order valence-electron chi connectivity index (χ2n) is 7.23. The number of nitrogens with zero attached hydrogens (tertiary/aromatic N) is 1. The Hall–Kier alpha value is -3.77. The summed E-state index contributed by atoms with van der Waals surface area (Å²) in [6, 6.07) is 21.2. The van der Waals surface area contributed by atoms with Crippen LogP contribution in [0.4, 0.5) is 10.1 Å². The lowest BCUT2D eigenvalue weighted by Gasteiger charge is -2.06. The number of fused-ring (bicyclic) bond motifs is 2. The monoisotopic (exact) mass is 427 g/mol. The molecular weight excluding hydrogens is 409 g/mol. The van der Waals surface area contributed by atoms with Crippen molar-refractivity contribution in [3.8, 4) is 0 Å². The van der Waals surface area contributed by atoms with Gasteiger partial charge in [-0.3, -0.25) is 9.89 Å². The van der Waals surface area contributed by atoms with Gasteiger partial charge < -0.3 is 5.32 Å². The van der Waals surface area contributed by atoms with Gasteiger partial charge in [-0.15, -0.1) is 11.3 Å². The molecular formula is C25H18FN3OS. The van der Waals surface area contributed by atoms with E-state index in [0.29, 0.717) is 11.2 Å². The Labute approximate surface area is 182 Å². The fourth-order valence-corrected chi connectivity index (χ4v) is 4.24. The second kappa shape index (κ2) is 8.16. The number of hydrogen-bond donors (Lipinski definition) is 2. The summed E-state index contributed by atoms with van der Waals surface area (Å²) in [5.41, 5.74) is 2.45. The summed E-state index contributed by atoms with van der Waals surface area (Å²) in [7, 11) is 0. The molecule has 152 valence electrons. The van der Waals surface area contributed by atoms with E-state index in [0.717, 1.165) is 21.2 Å². The smallest absolute Gasteiger partial charge is 0.229 e. The normalized spacial score (nSPS) is 11.5. The first-order valence-corrected chi connectivity index (χ1v) is 10.7. The third-order valence-electron chi connectivity index (χ3n) is 5.08. The van der Waals surface area contributed by atoms with Crippen molar-refractivity contribution < 1.29 is 9.18 Å². The number of halogens is 1. The van der Waals surface area contributed by atoms with E-state index >= 15 is 0 Å². The standard InChI is InChI=1S/C25H18FN3OS/c26-21-15-23-20(14-24(21)27-25(30)13-19-6-3-11-31-19)22(28-29-23)10-8-16-7-9-17-4-1-2-5-18(17)12-16/h1-12,14-15H,13H2,(H,27,30)(H,28,29). The number of anilines is 1. The molecule has 0 unspecified atom stereocenters. The minimum absolute atomic E-state index is 0.149. The molecule has 0 spiro atoms. The minimum atomic E-state index is -0.499. The van der Waals surface area contributed by atoms with Crippen LogP contribution in [0.2, 0.25) is 0 Å². The Balaban J connectivity index is 1.41. The van der Waals surface area contributed by atoms with Gasteiger partial charge in [-0.25, -0.2) is 4.39 Å². The summed E-state index contributed by atoms with van der Waals surface area (Å²) < 4.78 is 14.5. The SMILES string of the molecule is O=C(Cc1cccs1)Nc1cc2c(C=Cc3ccc4ccccc4c3)n[nH]c2cc1F. The zero-order chi connectivity index (χ0) is 21.2. The minimum Gasteiger partial charge on any atom is -0.323 e. The van der Waals surface area contributed by atoms with Crippen LogP contribution in [0.1, 0.15) is 16.1 Å². The van der Waals surface area contributed by atoms with E-state index in [4.69, 9.17) is 0 Å². The fraction of sp³-hybridized carbons (Fsp3) is 0.0400. The maximum atomic E-state index is 14.5. The van der Waals surface area contributed by atoms with Gasteiger partial charge in [0.25, 0.3) is 0 Å². The van der Waals surface area contributed by atoms with E-state index in [1.165, 1.54) is 22.8 Å². The van der Waals surface area contributed by atoms with Crippen LogP contribution in [0, 0.1) is 5.82 Å². The third kappa shape index (κ3) is 4.11. The molecule has 2 heterocycles. The van der Waals surface area contributed by atoms with Crippen molar-refractivity contribution in [2.75, 3.05) is 5.32 Å². The number of aromatic amines is 1. The van der Waals surface area contributed by atoms with E-state index in [1.807, 2.05) is 47.9 Å². The molecule has 2 aromatic heterocycles. The average Bonchev–Trinajstić information content (AvgIpc) is 3.42. The van der Waals surface area contributed by atoms with Crippen LogP contribution in [0.25, 0.3) is 33.8 Å². The fourth-order valence-electron chi connectivity index (χ4n) is 3.53. The number of nitrogens with one attached hydrogen (secondary N) is 2. The molecule has 0 fully saturated rings. The number of aromatic nitrogens is 2. The van der Waals surface area contributed by atoms with Crippen LogP contribution in [-0.4, -0.2) is 16.1 Å². The summed E-state index contributed by atoms with van der Waals surface area (Å²) >= 11 is 1.50. The summed E-state index contributed by atoms with van der Waals surface area (Å²) in [5, 5.41) is 14.8. The van der Waals surface area contributed by atoms with Crippen LogP contribution in [0.5, 0.6) is 0 Å². The summed E-state index contributed by atoms with van der Waals surface area (Å²) in [6.07, 6.45) is 4.08. The van der Waals surface area contributed by atoms with E-state index < -0.39 is 5.82 Å². The summed E-state index contributed by atoms with van der Waals surface area (Å²) in [6.45, 7) is 0. The number of rotatable bonds is 5. The average molecular weight is 428 g/mol. The lowest BCUT2D eigenvalue weighted by Crippen LogP contribution is -2.14. The topological polar surface area (TPSA) is 57.8 Å². The Bertz CT molecular complexity index is 1420. The molecule has 0 radical (unpaired) electrons. The highest BCUT2D eigenvalue weighted by molar-refractivity contribution is 7.10. The van der Waals surface area contributed by atoms with Gasteiger partial charge in [0.1, 0.15) is 5.82 Å². The molecule has 31 heavy (non-hydrogen) atoms. The van der Waals surface area contributed by atoms with Gasteiger partial charge in [0.15, 0.2) is 0 Å². The Morgan fingerprint density at radius 3 is 2.74 bits per heavy atom. The van der Waals surface area contributed by atoms with Crippen LogP contribution in [-0.2, 0) is 11.2 Å². The molecule has 0 saturated heterocycles. The van der Waals surface area contributed by atoms with Crippen LogP contribution in [0.3, 0.4) is 0 Å². The highest BCUT2D eigenvalue weighted by Gasteiger charge is 2.13. The highest BCUT2D eigenvalue weighted by atomic mass is 32.1. The zero-order valence-electron chi connectivity index (χ0n) is 16.4. The Morgan fingerprint density at radius 2 is 1.90 bits per heavy atom. The van der Waals surface area contributed by atoms with E-state index in [9.17, 15) is 9.18 Å². The van der Waals surface area contributed by atoms with E-state index in [2.05, 4.69) is 39.8 Å². The Kier molecular flexibility index (Phi) is 5.06. The van der Waals surface area contributed by atoms with Gasteiger partial charge in [0.2, 0.25) is 5.91 Å². The summed E-state index contributed by atoms with van der Waals surface area (Å²) in [4.78, 5) is 13.2. The number of amides is 1. The lowest BCUT2D eigenvalue weighted by atomic mass is 10.1. The molecule has 6 heteroatoms. The van der Waals surface area contributed by atoms with E-state index in [1.54, 1.807) is 6.07 Å². The number of thiophene rings is 1. The quantitative estimate of drug-likeness (QED) is 0.347.